The zero-order chi connectivity index (χ0) is 19.0. The minimum Gasteiger partial charge on any atom is -0.507 e. The van der Waals surface area contributed by atoms with E-state index in [4.69, 9.17) is 0 Å². The number of amides is 1. The number of carbonyl (C=O) groups excluding carboxylic acids is 2. The van der Waals surface area contributed by atoms with Gasteiger partial charge in [0.2, 0.25) is 0 Å². The van der Waals surface area contributed by atoms with Gasteiger partial charge in [-0.1, -0.05) is 18.2 Å². The van der Waals surface area contributed by atoms with Crippen molar-refractivity contribution in [1.82, 2.24) is 14.8 Å². The van der Waals surface area contributed by atoms with Crippen LogP contribution in [0.25, 0.3) is 21.3 Å². The third kappa shape index (κ3) is 3.31. The van der Waals surface area contributed by atoms with Crippen LogP contribution in [0.4, 0.5) is 0 Å². The monoisotopic (exact) mass is 381 g/mol. The number of thiazole rings is 1. The highest BCUT2D eigenvalue weighted by atomic mass is 32.1. The van der Waals surface area contributed by atoms with Crippen LogP contribution in [0, 0.1) is 0 Å². The van der Waals surface area contributed by atoms with Gasteiger partial charge in [0.05, 0.1) is 5.56 Å². The van der Waals surface area contributed by atoms with Gasteiger partial charge in [0, 0.05) is 37.1 Å². The topological polar surface area (TPSA) is 73.7 Å². The van der Waals surface area contributed by atoms with Crippen molar-refractivity contribution in [1.29, 1.82) is 0 Å². The lowest BCUT2D eigenvalue weighted by Crippen LogP contribution is -2.47. The molecular weight excluding hydrogens is 362 g/mol. The van der Waals surface area contributed by atoms with E-state index in [0.717, 1.165) is 42.1 Å². The van der Waals surface area contributed by atoms with Gasteiger partial charge >= 0.3 is 0 Å². The first kappa shape index (κ1) is 17.6. The zero-order valence-electron chi connectivity index (χ0n) is 14.9. The number of phenols is 1. The van der Waals surface area contributed by atoms with Crippen LogP contribution in [0.5, 0.6) is 5.75 Å². The summed E-state index contributed by atoms with van der Waals surface area (Å²) in [6.45, 7) is 3.19. The maximum Gasteiger partial charge on any atom is 0.273 e. The molecule has 0 saturated carbocycles. The number of hydrogen-bond acceptors (Lipinski definition) is 6. The molecule has 27 heavy (non-hydrogen) atoms. The third-order valence-corrected chi connectivity index (χ3v) is 5.81. The number of carbonyl (C=O) groups is 2. The molecular formula is C20H19N3O3S. The first-order valence-electron chi connectivity index (χ1n) is 8.71. The Morgan fingerprint density at radius 2 is 1.96 bits per heavy atom. The Balaban J connectivity index is 1.62. The summed E-state index contributed by atoms with van der Waals surface area (Å²) in [7, 11) is 2.05. The fourth-order valence-corrected chi connectivity index (χ4v) is 4.07. The van der Waals surface area contributed by atoms with Gasteiger partial charge in [-0.2, -0.15) is 0 Å². The third-order valence-electron chi connectivity index (χ3n) is 4.92. The number of hydrogen-bond donors (Lipinski definition) is 1. The number of aromatic hydroxyl groups is 1. The summed E-state index contributed by atoms with van der Waals surface area (Å²) < 4.78 is 0. The van der Waals surface area contributed by atoms with E-state index in [9.17, 15) is 14.7 Å². The number of benzene rings is 2. The van der Waals surface area contributed by atoms with Crippen molar-refractivity contribution in [2.24, 2.45) is 0 Å². The number of phenolic OH excluding ortho intramolecular Hbond substituents is 1. The van der Waals surface area contributed by atoms with Gasteiger partial charge in [0.15, 0.2) is 6.29 Å². The van der Waals surface area contributed by atoms with Gasteiger partial charge < -0.3 is 14.9 Å². The molecule has 0 bridgehead atoms. The van der Waals surface area contributed by atoms with Gasteiger partial charge in [-0.15, -0.1) is 11.3 Å². The van der Waals surface area contributed by atoms with Gasteiger partial charge in [0.25, 0.3) is 5.91 Å². The van der Waals surface area contributed by atoms with Crippen LogP contribution in [0.15, 0.2) is 35.7 Å². The van der Waals surface area contributed by atoms with Gasteiger partial charge in [-0.25, -0.2) is 4.98 Å². The van der Waals surface area contributed by atoms with Crippen molar-refractivity contribution in [3.05, 3.63) is 47.0 Å². The van der Waals surface area contributed by atoms with Crippen molar-refractivity contribution < 1.29 is 14.7 Å². The van der Waals surface area contributed by atoms with Gasteiger partial charge in [0.1, 0.15) is 16.5 Å². The second-order valence-corrected chi connectivity index (χ2v) is 7.54. The molecule has 1 aliphatic heterocycles. The molecule has 1 amide bonds. The van der Waals surface area contributed by atoms with E-state index in [1.807, 2.05) is 17.0 Å². The van der Waals surface area contributed by atoms with Gasteiger partial charge in [-0.05, 0) is 30.0 Å². The van der Waals surface area contributed by atoms with E-state index < -0.39 is 0 Å². The fraction of sp³-hybridized carbons (Fsp3) is 0.250. The highest BCUT2D eigenvalue weighted by molar-refractivity contribution is 7.13. The molecule has 2 heterocycles. The molecule has 3 aromatic rings. The minimum atomic E-state index is -0.0282. The molecule has 2 aromatic carbocycles. The normalized spacial score (nSPS) is 15.2. The molecule has 0 radical (unpaired) electrons. The molecule has 1 N–H and O–H groups in total. The Hall–Kier alpha value is -2.77. The minimum absolute atomic E-state index is 0.0282. The smallest absolute Gasteiger partial charge is 0.273 e. The maximum atomic E-state index is 12.7. The first-order chi connectivity index (χ1) is 13.1. The quantitative estimate of drug-likeness (QED) is 0.706. The second kappa shape index (κ2) is 7.09. The maximum absolute atomic E-state index is 12.7. The molecule has 1 aromatic heterocycles. The summed E-state index contributed by atoms with van der Waals surface area (Å²) in [4.78, 5) is 32.5. The lowest BCUT2D eigenvalue weighted by atomic mass is 10.0. The summed E-state index contributed by atoms with van der Waals surface area (Å²) in [6.07, 6.45) is 0.660. The van der Waals surface area contributed by atoms with Crippen LogP contribution >= 0.6 is 11.3 Å². The average molecular weight is 381 g/mol. The van der Waals surface area contributed by atoms with Crippen LogP contribution < -0.4 is 0 Å². The van der Waals surface area contributed by atoms with Crippen molar-refractivity contribution in [2.75, 3.05) is 33.2 Å². The molecule has 0 spiro atoms. The summed E-state index contributed by atoms with van der Waals surface area (Å²) in [5, 5.41) is 13.9. The van der Waals surface area contributed by atoms with Crippen molar-refractivity contribution in [3.8, 4) is 16.3 Å². The molecule has 138 valence electrons. The first-order valence-corrected chi connectivity index (χ1v) is 9.59. The highest BCUT2D eigenvalue weighted by Gasteiger charge is 2.22. The predicted molar refractivity (Wildman–Crippen MR) is 106 cm³/mol. The van der Waals surface area contributed by atoms with E-state index in [0.29, 0.717) is 17.4 Å². The van der Waals surface area contributed by atoms with Gasteiger partial charge in [-0.3, -0.25) is 9.59 Å². The second-order valence-electron chi connectivity index (χ2n) is 6.69. The van der Waals surface area contributed by atoms with E-state index >= 15 is 0 Å². The number of aromatic nitrogens is 1. The Morgan fingerprint density at radius 1 is 1.19 bits per heavy atom. The molecule has 1 aliphatic rings. The van der Waals surface area contributed by atoms with E-state index in [2.05, 4.69) is 16.9 Å². The molecule has 0 aliphatic carbocycles. The molecule has 7 heteroatoms. The highest BCUT2D eigenvalue weighted by Crippen LogP contribution is 2.31. The van der Waals surface area contributed by atoms with Crippen LogP contribution in [0.2, 0.25) is 0 Å². The van der Waals surface area contributed by atoms with Crippen molar-refractivity contribution in [2.45, 2.75) is 0 Å². The summed E-state index contributed by atoms with van der Waals surface area (Å²) >= 11 is 1.43. The Morgan fingerprint density at radius 3 is 2.70 bits per heavy atom. The zero-order valence-corrected chi connectivity index (χ0v) is 15.7. The SMILES string of the molecule is CN1CCN(C(=O)c2csc(-c3ccc4c(C=O)c(O)ccc4c3)n2)CC1. The largest absolute Gasteiger partial charge is 0.507 e. The van der Waals surface area contributed by atoms with Crippen LogP contribution in [-0.2, 0) is 0 Å². The number of rotatable bonds is 3. The number of nitrogens with zero attached hydrogens (tertiary/aromatic N) is 3. The van der Waals surface area contributed by atoms with E-state index in [1.54, 1.807) is 17.5 Å². The molecule has 4 rings (SSSR count). The molecule has 1 fully saturated rings. The number of aldehydes is 1. The Bertz CT molecular complexity index is 1020. The Labute approximate surface area is 160 Å². The lowest BCUT2D eigenvalue weighted by molar-refractivity contribution is 0.0659. The summed E-state index contributed by atoms with van der Waals surface area (Å²) in [5.74, 6) is -0.0564. The predicted octanol–water partition coefficient (Wildman–Crippen LogP) is 2.87. The summed E-state index contributed by atoms with van der Waals surface area (Å²) in [6, 6.07) is 8.87. The lowest BCUT2D eigenvalue weighted by Gasteiger charge is -2.31. The number of fused-ring (bicyclic) bond motifs is 1. The standard InChI is InChI=1S/C20H19N3O3S/c1-22-6-8-23(9-7-22)20(26)17-12-27-19(21-17)14-2-4-15-13(10-14)3-5-18(25)16(15)11-24/h2-5,10-12,25H,6-9H2,1H3. The van der Waals surface area contributed by atoms with E-state index in [-0.39, 0.29) is 17.2 Å². The molecule has 0 atom stereocenters. The fourth-order valence-electron chi connectivity index (χ4n) is 3.28. The van der Waals surface area contributed by atoms with Crippen LogP contribution in [0.3, 0.4) is 0 Å². The van der Waals surface area contributed by atoms with Crippen LogP contribution in [0.1, 0.15) is 20.8 Å². The number of piperazine rings is 1. The van der Waals surface area contributed by atoms with Crippen molar-refractivity contribution >= 4 is 34.3 Å². The van der Waals surface area contributed by atoms with E-state index in [1.165, 1.54) is 17.4 Å². The molecule has 6 nitrogen and oxygen atoms in total. The van der Waals surface area contributed by atoms with Crippen molar-refractivity contribution in [3.63, 3.8) is 0 Å². The average Bonchev–Trinajstić information content (AvgIpc) is 3.18. The molecule has 1 saturated heterocycles. The molecule has 0 unspecified atom stereocenters. The number of likely N-dealkylation sites (N-methyl/N-ethyl adjacent to an activating group) is 1. The Kier molecular flexibility index (Phi) is 4.63. The van der Waals surface area contributed by atoms with Crippen LogP contribution in [-0.4, -0.2) is 65.3 Å². The summed E-state index contributed by atoms with van der Waals surface area (Å²) in [5.41, 5.74) is 1.63.